The third-order valence-electron chi connectivity index (χ3n) is 2.93. The van der Waals surface area contributed by atoms with E-state index in [-0.39, 0.29) is 0 Å². The fourth-order valence-electron chi connectivity index (χ4n) is 1.78. The molecule has 0 aromatic heterocycles. The number of piperazine rings is 1. The van der Waals surface area contributed by atoms with Crippen LogP contribution in [0.3, 0.4) is 0 Å². The smallest absolute Gasteiger partial charge is 0.181 e. The Morgan fingerprint density at radius 3 is 2.67 bits per heavy atom. The van der Waals surface area contributed by atoms with Crippen LogP contribution in [-0.2, 0) is 4.74 Å². The van der Waals surface area contributed by atoms with Crippen molar-refractivity contribution in [2.75, 3.05) is 46.4 Å². The van der Waals surface area contributed by atoms with Gasteiger partial charge in [-0.2, -0.15) is 0 Å². The summed E-state index contributed by atoms with van der Waals surface area (Å²) in [6.07, 6.45) is 1.29. The lowest BCUT2D eigenvalue weighted by atomic mass is 10.4. The molecule has 0 amide bonds. The van der Waals surface area contributed by atoms with E-state index < -0.39 is 0 Å². The first-order valence-corrected chi connectivity index (χ1v) is 7.21. The molecular weight excluding hydrogens is 248 g/mol. The van der Waals surface area contributed by atoms with Gasteiger partial charge in [-0.3, -0.25) is 5.43 Å². The Labute approximate surface area is 116 Å². The van der Waals surface area contributed by atoms with Crippen molar-refractivity contribution in [2.24, 2.45) is 0 Å². The molecule has 1 saturated heterocycles. The Morgan fingerprint density at radius 2 is 2.06 bits per heavy atom. The largest absolute Gasteiger partial charge is 0.379 e. The molecule has 0 atom stereocenters. The van der Waals surface area contributed by atoms with Crippen molar-refractivity contribution in [1.82, 2.24) is 15.8 Å². The first-order valence-electron chi connectivity index (χ1n) is 6.80. The van der Waals surface area contributed by atoms with E-state index in [4.69, 9.17) is 17.0 Å². The molecule has 0 aromatic carbocycles. The summed E-state index contributed by atoms with van der Waals surface area (Å²) in [6.45, 7) is 10.2. The maximum Gasteiger partial charge on any atom is 0.181 e. The molecule has 0 bridgehead atoms. The number of thiocarbonyl (C=S) groups is 1. The van der Waals surface area contributed by atoms with Crippen molar-refractivity contribution >= 4 is 17.3 Å². The minimum atomic E-state index is 0.308. The molecule has 3 N–H and O–H groups in total. The molecule has 0 aliphatic carbocycles. The molecule has 0 unspecified atom stereocenters. The number of nitrogens with one attached hydrogen (secondary N) is 3. The predicted octanol–water partition coefficient (Wildman–Crippen LogP) is -0.989. The first kappa shape index (κ1) is 15.6. The minimum Gasteiger partial charge on any atom is -0.379 e. The minimum absolute atomic E-state index is 0.308. The Hall–Kier alpha value is -0.430. The quantitative estimate of drug-likeness (QED) is 0.429. The second-order valence-corrected chi connectivity index (χ2v) is 5.49. The van der Waals surface area contributed by atoms with Crippen molar-refractivity contribution in [2.45, 2.75) is 26.4 Å². The number of nitrogens with zero attached hydrogens (tertiary/aromatic N) is 1. The molecule has 18 heavy (non-hydrogen) atoms. The van der Waals surface area contributed by atoms with E-state index in [1.807, 2.05) is 0 Å². The van der Waals surface area contributed by atoms with Gasteiger partial charge in [-0.1, -0.05) is 0 Å². The highest BCUT2D eigenvalue weighted by Gasteiger charge is 2.16. The van der Waals surface area contributed by atoms with Crippen LogP contribution in [0.1, 0.15) is 20.3 Å². The van der Waals surface area contributed by atoms with Crippen LogP contribution in [0.2, 0.25) is 0 Å². The monoisotopic (exact) mass is 275 g/mol. The van der Waals surface area contributed by atoms with E-state index in [2.05, 4.69) is 36.6 Å². The predicted molar refractivity (Wildman–Crippen MR) is 77.6 cm³/mol. The molecule has 0 saturated carbocycles. The Balaban J connectivity index is 2.00. The highest BCUT2D eigenvalue weighted by Crippen LogP contribution is 1.89. The molecule has 0 radical (unpaired) electrons. The van der Waals surface area contributed by atoms with Gasteiger partial charge in [0, 0.05) is 13.2 Å². The van der Waals surface area contributed by atoms with Crippen LogP contribution in [0.5, 0.6) is 0 Å². The van der Waals surface area contributed by atoms with E-state index in [1.165, 1.54) is 0 Å². The van der Waals surface area contributed by atoms with Crippen LogP contribution in [0.15, 0.2) is 0 Å². The van der Waals surface area contributed by atoms with Crippen LogP contribution in [0.4, 0.5) is 0 Å². The summed E-state index contributed by atoms with van der Waals surface area (Å²) in [5, 5.41) is 6.12. The second kappa shape index (κ2) is 8.63. The molecule has 5 nitrogen and oxygen atoms in total. The fraction of sp³-hybridized carbons (Fsp3) is 0.917. The molecule has 106 valence electrons. The topological polar surface area (TPSA) is 41.0 Å². The van der Waals surface area contributed by atoms with Gasteiger partial charge >= 0.3 is 0 Å². The Morgan fingerprint density at radius 1 is 1.39 bits per heavy atom. The SMILES string of the molecule is CC(C)OCCCNC(=S)NN1CC[NH+](C)CC1. The van der Waals surface area contributed by atoms with Gasteiger partial charge in [0.25, 0.3) is 0 Å². The van der Waals surface area contributed by atoms with Crippen LogP contribution in [0.25, 0.3) is 0 Å². The van der Waals surface area contributed by atoms with E-state index in [0.29, 0.717) is 6.10 Å². The number of likely N-dealkylation sites (N-methyl/N-ethyl adjacent to an activating group) is 1. The average molecular weight is 275 g/mol. The highest BCUT2D eigenvalue weighted by molar-refractivity contribution is 7.80. The number of ether oxygens (including phenoxy) is 1. The van der Waals surface area contributed by atoms with Gasteiger partial charge in [-0.05, 0) is 32.5 Å². The van der Waals surface area contributed by atoms with Gasteiger partial charge in [0.1, 0.15) is 0 Å². The van der Waals surface area contributed by atoms with Gasteiger partial charge < -0.3 is 15.0 Å². The summed E-state index contributed by atoms with van der Waals surface area (Å²) in [6, 6.07) is 0. The van der Waals surface area contributed by atoms with Crippen molar-refractivity contribution < 1.29 is 9.64 Å². The lowest BCUT2D eigenvalue weighted by Crippen LogP contribution is -3.12. The van der Waals surface area contributed by atoms with E-state index in [9.17, 15) is 0 Å². The second-order valence-electron chi connectivity index (χ2n) is 5.08. The van der Waals surface area contributed by atoms with Crippen LogP contribution in [-0.4, -0.2) is 62.6 Å². The first-order chi connectivity index (χ1) is 8.58. The van der Waals surface area contributed by atoms with E-state index >= 15 is 0 Å². The van der Waals surface area contributed by atoms with E-state index in [0.717, 1.165) is 50.9 Å². The standard InChI is InChI=1S/C12H26N4OS/c1-11(2)17-10-4-5-13-12(18)14-16-8-6-15(3)7-9-16/h11H,4-10H2,1-3H3,(H2,13,14,18)/p+1. The number of hydrogen-bond donors (Lipinski definition) is 3. The summed E-state index contributed by atoms with van der Waals surface area (Å²) in [4.78, 5) is 1.58. The van der Waals surface area contributed by atoms with Crippen molar-refractivity contribution in [1.29, 1.82) is 0 Å². The van der Waals surface area contributed by atoms with Crippen LogP contribution in [0, 0.1) is 0 Å². The maximum atomic E-state index is 5.47. The molecule has 0 spiro atoms. The Bertz CT molecular complexity index is 242. The van der Waals surface area contributed by atoms with Gasteiger partial charge in [0.05, 0.1) is 39.3 Å². The zero-order valence-corrected chi connectivity index (χ0v) is 12.6. The molecule has 1 aliphatic heterocycles. The molecule has 0 aromatic rings. The zero-order chi connectivity index (χ0) is 13.4. The summed E-state index contributed by atoms with van der Waals surface area (Å²) < 4.78 is 5.47. The lowest BCUT2D eigenvalue weighted by molar-refractivity contribution is -0.884. The van der Waals surface area contributed by atoms with Crippen LogP contribution >= 0.6 is 12.2 Å². The summed E-state index contributed by atoms with van der Waals surface area (Å²) in [7, 11) is 2.22. The van der Waals surface area contributed by atoms with Gasteiger partial charge in [0.2, 0.25) is 0 Å². The lowest BCUT2D eigenvalue weighted by Gasteiger charge is -2.31. The maximum absolute atomic E-state index is 5.47. The highest BCUT2D eigenvalue weighted by atomic mass is 32.1. The molecule has 1 aliphatic rings. The molecule has 1 heterocycles. The van der Waals surface area contributed by atoms with Crippen LogP contribution < -0.4 is 15.6 Å². The number of hydrogen-bond acceptors (Lipinski definition) is 3. The number of quaternary nitrogens is 1. The summed E-state index contributed by atoms with van der Waals surface area (Å²) >= 11 is 5.25. The van der Waals surface area contributed by atoms with E-state index in [1.54, 1.807) is 4.90 Å². The van der Waals surface area contributed by atoms with Gasteiger partial charge in [0.15, 0.2) is 5.11 Å². The van der Waals surface area contributed by atoms with Crippen molar-refractivity contribution in [3.05, 3.63) is 0 Å². The number of rotatable bonds is 6. The van der Waals surface area contributed by atoms with Crippen molar-refractivity contribution in [3.63, 3.8) is 0 Å². The third kappa shape index (κ3) is 7.10. The summed E-state index contributed by atoms with van der Waals surface area (Å²) in [5.74, 6) is 0. The zero-order valence-electron chi connectivity index (χ0n) is 11.8. The van der Waals surface area contributed by atoms with Gasteiger partial charge in [-0.15, -0.1) is 0 Å². The fourth-order valence-corrected chi connectivity index (χ4v) is 2.01. The van der Waals surface area contributed by atoms with Gasteiger partial charge in [-0.25, -0.2) is 5.01 Å². The average Bonchev–Trinajstić information content (AvgIpc) is 2.31. The molecular formula is C12H27N4OS+. The molecule has 6 heteroatoms. The number of hydrazine groups is 1. The van der Waals surface area contributed by atoms with Crippen molar-refractivity contribution in [3.8, 4) is 0 Å². The normalized spacial score (nSPS) is 18.0. The molecule has 1 rings (SSSR count). The molecule has 1 fully saturated rings. The third-order valence-corrected chi connectivity index (χ3v) is 3.17. The summed E-state index contributed by atoms with van der Waals surface area (Å²) in [5.41, 5.74) is 3.24. The Kier molecular flexibility index (Phi) is 7.50.